The molecular weight excluding hydrogens is 351 g/mol. The van der Waals surface area contributed by atoms with Crippen LogP contribution >= 0.6 is 11.3 Å². The van der Waals surface area contributed by atoms with Gasteiger partial charge in [0.15, 0.2) is 5.82 Å². The van der Waals surface area contributed by atoms with Crippen LogP contribution in [0.15, 0.2) is 42.6 Å². The molecule has 134 valence electrons. The summed E-state index contributed by atoms with van der Waals surface area (Å²) in [5, 5.41) is 18.7. The highest BCUT2D eigenvalue weighted by atomic mass is 32.1. The van der Waals surface area contributed by atoms with E-state index in [1.54, 1.807) is 29.7 Å². The first kappa shape index (κ1) is 16.8. The van der Waals surface area contributed by atoms with Crippen molar-refractivity contribution in [1.82, 2.24) is 20.4 Å². The highest BCUT2D eigenvalue weighted by Gasteiger charge is 2.19. The average molecular weight is 370 g/mol. The molecule has 0 amide bonds. The maximum absolute atomic E-state index is 13.0. The van der Waals surface area contributed by atoms with Crippen LogP contribution in [0.2, 0.25) is 0 Å². The lowest BCUT2D eigenvalue weighted by atomic mass is 10.2. The number of aromatic nitrogens is 4. The SMILES string of the molecule is Fc1ccc(Cc2nnc(N3CCCN(c4cccnn4)CC3)s2)cc1. The molecule has 3 aromatic rings. The summed E-state index contributed by atoms with van der Waals surface area (Å²) >= 11 is 1.61. The quantitative estimate of drug-likeness (QED) is 0.704. The minimum absolute atomic E-state index is 0.219. The van der Waals surface area contributed by atoms with Crippen molar-refractivity contribution in [3.63, 3.8) is 0 Å². The van der Waals surface area contributed by atoms with E-state index in [4.69, 9.17) is 0 Å². The topological polar surface area (TPSA) is 58.0 Å². The third kappa shape index (κ3) is 3.96. The fraction of sp³-hybridized carbons (Fsp3) is 0.333. The molecule has 1 aliphatic heterocycles. The van der Waals surface area contributed by atoms with Crippen molar-refractivity contribution in [2.45, 2.75) is 12.8 Å². The van der Waals surface area contributed by atoms with Gasteiger partial charge in [0.25, 0.3) is 0 Å². The summed E-state index contributed by atoms with van der Waals surface area (Å²) in [4.78, 5) is 4.54. The fourth-order valence-corrected chi connectivity index (χ4v) is 3.95. The Balaban J connectivity index is 1.40. The van der Waals surface area contributed by atoms with Gasteiger partial charge in [0.1, 0.15) is 10.8 Å². The molecule has 0 N–H and O–H groups in total. The second-order valence-electron chi connectivity index (χ2n) is 6.19. The second kappa shape index (κ2) is 7.74. The van der Waals surface area contributed by atoms with E-state index in [0.717, 1.165) is 54.1 Å². The minimum atomic E-state index is -0.219. The van der Waals surface area contributed by atoms with Crippen LogP contribution in [-0.4, -0.2) is 46.6 Å². The fourth-order valence-electron chi connectivity index (χ4n) is 3.02. The number of hydrogen-bond acceptors (Lipinski definition) is 7. The molecule has 1 saturated heterocycles. The Kier molecular flexibility index (Phi) is 5.01. The van der Waals surface area contributed by atoms with Gasteiger partial charge in [-0.2, -0.15) is 5.10 Å². The van der Waals surface area contributed by atoms with Crippen LogP contribution in [0.25, 0.3) is 0 Å². The molecule has 2 aromatic heterocycles. The van der Waals surface area contributed by atoms with Gasteiger partial charge in [-0.1, -0.05) is 23.5 Å². The molecule has 0 spiro atoms. The van der Waals surface area contributed by atoms with E-state index in [1.165, 1.54) is 12.1 Å². The van der Waals surface area contributed by atoms with Crippen LogP contribution in [0.3, 0.4) is 0 Å². The molecule has 1 aliphatic rings. The van der Waals surface area contributed by atoms with Gasteiger partial charge in [-0.15, -0.1) is 15.3 Å². The number of rotatable bonds is 4. The van der Waals surface area contributed by atoms with Crippen molar-refractivity contribution in [2.24, 2.45) is 0 Å². The van der Waals surface area contributed by atoms with Crippen LogP contribution in [-0.2, 0) is 6.42 Å². The molecule has 1 aromatic carbocycles. The Morgan fingerprint density at radius 3 is 2.54 bits per heavy atom. The molecule has 4 rings (SSSR count). The van der Waals surface area contributed by atoms with Crippen molar-refractivity contribution >= 4 is 22.3 Å². The van der Waals surface area contributed by atoms with E-state index in [9.17, 15) is 4.39 Å². The van der Waals surface area contributed by atoms with Gasteiger partial charge in [-0.25, -0.2) is 4.39 Å². The number of benzene rings is 1. The first-order chi connectivity index (χ1) is 12.8. The summed E-state index contributed by atoms with van der Waals surface area (Å²) in [6.07, 6.45) is 3.40. The van der Waals surface area contributed by atoms with Crippen molar-refractivity contribution < 1.29 is 4.39 Å². The Morgan fingerprint density at radius 2 is 1.73 bits per heavy atom. The molecular formula is C18H19FN6S. The Labute approximate surface area is 155 Å². The summed E-state index contributed by atoms with van der Waals surface area (Å²) in [6, 6.07) is 10.5. The van der Waals surface area contributed by atoms with Gasteiger partial charge >= 0.3 is 0 Å². The van der Waals surface area contributed by atoms with E-state index in [1.807, 2.05) is 12.1 Å². The maximum Gasteiger partial charge on any atom is 0.208 e. The van der Waals surface area contributed by atoms with Crippen LogP contribution in [0.4, 0.5) is 15.3 Å². The summed E-state index contributed by atoms with van der Waals surface area (Å²) in [7, 11) is 0. The first-order valence-corrected chi connectivity index (χ1v) is 9.44. The molecule has 0 aliphatic carbocycles. The van der Waals surface area contributed by atoms with E-state index in [2.05, 4.69) is 30.2 Å². The molecule has 0 bridgehead atoms. The number of hydrogen-bond donors (Lipinski definition) is 0. The third-order valence-corrected chi connectivity index (χ3v) is 5.36. The summed E-state index contributed by atoms with van der Waals surface area (Å²) < 4.78 is 13.0. The zero-order chi connectivity index (χ0) is 17.8. The van der Waals surface area contributed by atoms with Crippen molar-refractivity contribution in [2.75, 3.05) is 36.0 Å². The predicted molar refractivity (Wildman–Crippen MR) is 100 cm³/mol. The minimum Gasteiger partial charge on any atom is -0.353 e. The van der Waals surface area contributed by atoms with Crippen molar-refractivity contribution in [3.8, 4) is 0 Å². The van der Waals surface area contributed by atoms with Gasteiger partial charge in [-0.3, -0.25) is 0 Å². The molecule has 6 nitrogen and oxygen atoms in total. The summed E-state index contributed by atoms with van der Waals surface area (Å²) in [5.74, 6) is 0.701. The molecule has 0 saturated carbocycles. The van der Waals surface area contributed by atoms with E-state index in [-0.39, 0.29) is 5.82 Å². The summed E-state index contributed by atoms with van der Waals surface area (Å²) in [6.45, 7) is 3.66. The molecule has 26 heavy (non-hydrogen) atoms. The van der Waals surface area contributed by atoms with Gasteiger partial charge < -0.3 is 9.80 Å². The standard InChI is InChI=1S/C18H19FN6S/c19-15-6-4-14(5-7-15)13-17-22-23-18(26-17)25-10-2-9-24(11-12-25)16-3-1-8-20-21-16/h1,3-8H,2,9-13H2. The molecule has 3 heterocycles. The van der Waals surface area contributed by atoms with E-state index < -0.39 is 0 Å². The van der Waals surface area contributed by atoms with Gasteiger partial charge in [0, 0.05) is 38.8 Å². The molecule has 0 unspecified atom stereocenters. The zero-order valence-electron chi connectivity index (χ0n) is 14.3. The maximum atomic E-state index is 13.0. The first-order valence-electron chi connectivity index (χ1n) is 8.62. The van der Waals surface area contributed by atoms with Crippen LogP contribution < -0.4 is 9.80 Å². The molecule has 8 heteroatoms. The van der Waals surface area contributed by atoms with Gasteiger partial charge in [0.2, 0.25) is 5.13 Å². The third-order valence-electron chi connectivity index (χ3n) is 4.37. The van der Waals surface area contributed by atoms with Crippen LogP contribution in [0.5, 0.6) is 0 Å². The number of halogens is 1. The normalized spacial score (nSPS) is 15.1. The van der Waals surface area contributed by atoms with Gasteiger partial charge in [-0.05, 0) is 36.2 Å². The van der Waals surface area contributed by atoms with E-state index in [0.29, 0.717) is 6.42 Å². The van der Waals surface area contributed by atoms with E-state index >= 15 is 0 Å². The van der Waals surface area contributed by atoms with Crippen molar-refractivity contribution in [3.05, 3.63) is 59.0 Å². The average Bonchev–Trinajstić information content (AvgIpc) is 2.99. The Hall–Kier alpha value is -2.61. The Bertz CT molecular complexity index is 838. The van der Waals surface area contributed by atoms with Crippen LogP contribution in [0.1, 0.15) is 17.0 Å². The number of nitrogens with zero attached hydrogens (tertiary/aromatic N) is 6. The Morgan fingerprint density at radius 1 is 0.923 bits per heavy atom. The van der Waals surface area contributed by atoms with Crippen molar-refractivity contribution in [1.29, 1.82) is 0 Å². The molecule has 0 atom stereocenters. The second-order valence-corrected chi connectivity index (χ2v) is 7.23. The number of anilines is 2. The van der Waals surface area contributed by atoms with Crippen LogP contribution in [0, 0.1) is 5.82 Å². The lowest BCUT2D eigenvalue weighted by molar-refractivity contribution is 0.627. The highest BCUT2D eigenvalue weighted by molar-refractivity contribution is 7.15. The largest absolute Gasteiger partial charge is 0.353 e. The lowest BCUT2D eigenvalue weighted by Gasteiger charge is -2.21. The highest BCUT2D eigenvalue weighted by Crippen LogP contribution is 2.24. The molecule has 1 fully saturated rings. The predicted octanol–water partition coefficient (Wildman–Crippen LogP) is 2.77. The lowest BCUT2D eigenvalue weighted by Crippen LogP contribution is -2.31. The van der Waals surface area contributed by atoms with Gasteiger partial charge in [0.05, 0.1) is 0 Å². The molecule has 0 radical (unpaired) electrons. The smallest absolute Gasteiger partial charge is 0.208 e. The monoisotopic (exact) mass is 370 g/mol. The summed E-state index contributed by atoms with van der Waals surface area (Å²) in [5.41, 5.74) is 1.04. The zero-order valence-corrected chi connectivity index (χ0v) is 15.1.